The van der Waals surface area contributed by atoms with Crippen molar-refractivity contribution in [2.45, 2.75) is 38.0 Å². The van der Waals surface area contributed by atoms with Gasteiger partial charge in [0.2, 0.25) is 17.7 Å². The summed E-state index contributed by atoms with van der Waals surface area (Å²) in [6, 6.07) is -4.53. The topological polar surface area (TPSA) is 171 Å². The van der Waals surface area contributed by atoms with Crippen molar-refractivity contribution >= 4 is 48.9 Å². The lowest BCUT2D eigenvalue weighted by atomic mass is 10.0. The van der Waals surface area contributed by atoms with Crippen LogP contribution in [0, 0.1) is 5.92 Å². The smallest absolute Gasteiger partial charge is 0.328 e. The fraction of sp³-hybridized carbons (Fsp3) is 0.714. The van der Waals surface area contributed by atoms with Gasteiger partial charge in [0.1, 0.15) is 18.1 Å². The van der Waals surface area contributed by atoms with Gasteiger partial charge in [0, 0.05) is 11.5 Å². The molecule has 0 rings (SSSR count). The average Bonchev–Trinajstić information content (AvgIpc) is 2.59. The first-order chi connectivity index (χ1) is 12.1. The zero-order chi connectivity index (χ0) is 20.4. The molecule has 0 unspecified atom stereocenters. The molecule has 0 aliphatic heterocycles. The first kappa shape index (κ1) is 24.5. The normalized spacial score (nSPS) is 15.5. The largest absolute Gasteiger partial charge is 0.480 e. The van der Waals surface area contributed by atoms with Gasteiger partial charge in [-0.15, -0.1) is 0 Å². The Bertz CT molecular complexity index is 520. The molecule has 10 nitrogen and oxygen atoms in total. The van der Waals surface area contributed by atoms with E-state index in [1.165, 1.54) is 0 Å². The summed E-state index contributed by atoms with van der Waals surface area (Å²) in [4.78, 5) is 47.1. The highest BCUT2D eigenvalue weighted by atomic mass is 32.1. The van der Waals surface area contributed by atoms with E-state index in [1.807, 2.05) is 0 Å². The van der Waals surface area contributed by atoms with Crippen LogP contribution in [0.5, 0.6) is 0 Å². The van der Waals surface area contributed by atoms with E-state index in [4.69, 9.17) is 15.9 Å². The van der Waals surface area contributed by atoms with Crippen molar-refractivity contribution in [3.8, 4) is 0 Å². The lowest BCUT2D eigenvalue weighted by Gasteiger charge is -2.24. The summed E-state index contributed by atoms with van der Waals surface area (Å²) in [7, 11) is 0. The van der Waals surface area contributed by atoms with Gasteiger partial charge >= 0.3 is 5.97 Å². The van der Waals surface area contributed by atoms with Gasteiger partial charge in [-0.2, -0.15) is 25.3 Å². The van der Waals surface area contributed by atoms with E-state index < -0.39 is 54.5 Å². The molecule has 0 heterocycles. The number of nitrogens with one attached hydrogen (secondary N) is 3. The maximum absolute atomic E-state index is 12.3. The Hall–Kier alpha value is -1.50. The van der Waals surface area contributed by atoms with Crippen LogP contribution < -0.4 is 21.7 Å². The van der Waals surface area contributed by atoms with Crippen LogP contribution in [0.2, 0.25) is 0 Å². The number of carbonyl (C=O) groups excluding carboxylic acids is 3. The maximum atomic E-state index is 12.3. The highest BCUT2D eigenvalue weighted by Crippen LogP contribution is 2.00. The zero-order valence-corrected chi connectivity index (χ0v) is 16.3. The molecule has 26 heavy (non-hydrogen) atoms. The first-order valence-corrected chi connectivity index (χ1v) is 9.07. The molecular weight excluding hydrogens is 384 g/mol. The summed E-state index contributed by atoms with van der Waals surface area (Å²) in [6.07, 6.45) is 0. The lowest BCUT2D eigenvalue weighted by molar-refractivity contribution is -0.143. The Morgan fingerprint density at radius 1 is 0.885 bits per heavy atom. The van der Waals surface area contributed by atoms with Gasteiger partial charge in [0.05, 0.1) is 12.6 Å². The Kier molecular flexibility index (Phi) is 11.3. The number of carboxylic acid groups (broad SMARTS) is 1. The van der Waals surface area contributed by atoms with Crippen molar-refractivity contribution in [3.63, 3.8) is 0 Å². The number of amides is 3. The summed E-state index contributed by atoms with van der Waals surface area (Å²) in [5, 5.41) is 24.6. The zero-order valence-electron chi connectivity index (χ0n) is 14.5. The van der Waals surface area contributed by atoms with Gasteiger partial charge in [0.15, 0.2) is 0 Å². The quantitative estimate of drug-likeness (QED) is 0.172. The standard InChI is InChI=1S/C14H26N4O6S2/c1-6(2)10(15)13(22)18-9(5-26)12(21)17-8(4-25)11(20)16-7(3-19)14(23)24/h6-10,19,25-26H,3-5,15H2,1-2H3,(H,16,20)(H,17,21)(H,18,22)(H,23,24)/t7-,8-,9-,10-/m0/s1. The van der Waals surface area contributed by atoms with Crippen LogP contribution in [-0.4, -0.2) is 76.2 Å². The van der Waals surface area contributed by atoms with Gasteiger partial charge in [-0.3, -0.25) is 14.4 Å². The Morgan fingerprint density at radius 2 is 1.27 bits per heavy atom. The molecule has 0 aliphatic carbocycles. The number of aliphatic hydroxyl groups is 1. The van der Waals surface area contributed by atoms with E-state index in [1.54, 1.807) is 13.8 Å². The predicted octanol–water partition coefficient (Wildman–Crippen LogP) is -2.64. The number of nitrogens with two attached hydrogens (primary N) is 1. The molecule has 0 aliphatic rings. The molecular formula is C14H26N4O6S2. The molecule has 0 aromatic heterocycles. The molecule has 0 aromatic rings. The van der Waals surface area contributed by atoms with Crippen molar-refractivity contribution in [2.75, 3.05) is 18.1 Å². The van der Waals surface area contributed by atoms with E-state index in [0.29, 0.717) is 0 Å². The molecule has 0 radical (unpaired) electrons. The van der Waals surface area contributed by atoms with Crippen LogP contribution in [-0.2, 0) is 19.2 Å². The maximum Gasteiger partial charge on any atom is 0.328 e. The number of aliphatic hydroxyl groups excluding tert-OH is 1. The lowest BCUT2D eigenvalue weighted by Crippen LogP contribution is -2.58. The first-order valence-electron chi connectivity index (χ1n) is 7.81. The van der Waals surface area contributed by atoms with Gasteiger partial charge < -0.3 is 31.9 Å². The van der Waals surface area contributed by atoms with Gasteiger partial charge in [-0.25, -0.2) is 4.79 Å². The van der Waals surface area contributed by atoms with Crippen LogP contribution >= 0.6 is 25.3 Å². The number of carboxylic acids is 1. The molecule has 0 bridgehead atoms. The second kappa shape index (κ2) is 12.0. The monoisotopic (exact) mass is 410 g/mol. The third kappa shape index (κ3) is 7.81. The van der Waals surface area contributed by atoms with Crippen molar-refractivity contribution < 1.29 is 29.4 Å². The molecule has 7 N–H and O–H groups in total. The minimum Gasteiger partial charge on any atom is -0.480 e. The fourth-order valence-corrected chi connectivity index (χ4v) is 2.20. The van der Waals surface area contributed by atoms with Crippen molar-refractivity contribution in [3.05, 3.63) is 0 Å². The molecule has 0 aromatic carbocycles. The number of rotatable bonds is 11. The second-order valence-corrected chi connectivity index (χ2v) is 6.57. The molecule has 150 valence electrons. The van der Waals surface area contributed by atoms with E-state index >= 15 is 0 Å². The van der Waals surface area contributed by atoms with E-state index in [-0.39, 0.29) is 17.4 Å². The van der Waals surface area contributed by atoms with E-state index in [2.05, 4.69) is 41.2 Å². The summed E-state index contributed by atoms with van der Waals surface area (Å²) in [6.45, 7) is 2.69. The number of carbonyl (C=O) groups is 4. The number of aliphatic carboxylic acids is 1. The van der Waals surface area contributed by atoms with Crippen LogP contribution in [0.15, 0.2) is 0 Å². The summed E-state index contributed by atoms with van der Waals surface area (Å²) in [5.74, 6) is -3.81. The molecule has 0 spiro atoms. The van der Waals surface area contributed by atoms with E-state index in [0.717, 1.165) is 0 Å². The number of thiol groups is 2. The Balaban J connectivity index is 4.91. The molecule has 4 atom stereocenters. The highest BCUT2D eigenvalue weighted by molar-refractivity contribution is 7.80. The minimum atomic E-state index is -1.51. The fourth-order valence-electron chi connectivity index (χ4n) is 1.69. The molecule has 0 saturated carbocycles. The van der Waals surface area contributed by atoms with Crippen molar-refractivity contribution in [2.24, 2.45) is 11.7 Å². The number of hydrogen-bond acceptors (Lipinski definition) is 8. The molecule has 3 amide bonds. The Labute approximate surface area is 162 Å². The van der Waals surface area contributed by atoms with Gasteiger partial charge in [-0.05, 0) is 5.92 Å². The van der Waals surface area contributed by atoms with Crippen molar-refractivity contribution in [1.29, 1.82) is 0 Å². The minimum absolute atomic E-state index is 0.0440. The third-order valence-corrected chi connectivity index (χ3v) is 4.18. The molecule has 12 heteroatoms. The van der Waals surface area contributed by atoms with Gasteiger partial charge in [0.25, 0.3) is 0 Å². The summed E-state index contributed by atoms with van der Waals surface area (Å²) < 4.78 is 0. The molecule has 0 fully saturated rings. The van der Waals surface area contributed by atoms with E-state index in [9.17, 15) is 19.2 Å². The Morgan fingerprint density at radius 3 is 1.58 bits per heavy atom. The van der Waals surface area contributed by atoms with Crippen LogP contribution in [0.4, 0.5) is 0 Å². The highest BCUT2D eigenvalue weighted by Gasteiger charge is 2.29. The summed E-state index contributed by atoms with van der Waals surface area (Å²) in [5.41, 5.74) is 5.71. The van der Waals surface area contributed by atoms with Crippen LogP contribution in [0.1, 0.15) is 13.8 Å². The SMILES string of the molecule is CC(C)[C@H](N)C(=O)N[C@@H](CS)C(=O)N[C@@H](CS)C(=O)N[C@@H](CO)C(=O)O. The van der Waals surface area contributed by atoms with Crippen molar-refractivity contribution in [1.82, 2.24) is 16.0 Å². The molecule has 0 saturated heterocycles. The van der Waals surface area contributed by atoms with Crippen LogP contribution in [0.3, 0.4) is 0 Å². The second-order valence-electron chi connectivity index (χ2n) is 5.84. The third-order valence-electron chi connectivity index (χ3n) is 3.45. The number of hydrogen-bond donors (Lipinski definition) is 8. The average molecular weight is 411 g/mol. The summed E-state index contributed by atoms with van der Waals surface area (Å²) >= 11 is 7.95. The van der Waals surface area contributed by atoms with Crippen LogP contribution in [0.25, 0.3) is 0 Å². The predicted molar refractivity (Wildman–Crippen MR) is 101 cm³/mol. The van der Waals surface area contributed by atoms with Gasteiger partial charge in [-0.1, -0.05) is 13.8 Å².